The van der Waals surface area contributed by atoms with E-state index in [0.29, 0.717) is 37.6 Å². The fourth-order valence-electron chi connectivity index (χ4n) is 2.80. The first-order valence-corrected chi connectivity index (χ1v) is 8.32. The number of hydrogen-bond acceptors (Lipinski definition) is 5. The van der Waals surface area contributed by atoms with Gasteiger partial charge in [-0.2, -0.15) is 4.98 Å². The molecule has 2 atom stereocenters. The maximum atomic E-state index is 11.8. The molecule has 22 heavy (non-hydrogen) atoms. The molecule has 1 heterocycles. The van der Waals surface area contributed by atoms with Crippen LogP contribution in [0, 0.1) is 5.92 Å². The van der Waals surface area contributed by atoms with Crippen molar-refractivity contribution in [2.75, 3.05) is 6.54 Å². The molecular weight excluding hydrogens is 282 g/mol. The van der Waals surface area contributed by atoms with E-state index in [4.69, 9.17) is 4.52 Å². The van der Waals surface area contributed by atoms with Crippen LogP contribution in [-0.2, 0) is 11.2 Å². The van der Waals surface area contributed by atoms with Gasteiger partial charge in [0.2, 0.25) is 11.8 Å². The van der Waals surface area contributed by atoms with E-state index < -0.39 is 0 Å². The van der Waals surface area contributed by atoms with Gasteiger partial charge in [0.25, 0.3) is 0 Å². The van der Waals surface area contributed by atoms with Gasteiger partial charge >= 0.3 is 0 Å². The van der Waals surface area contributed by atoms with Crippen LogP contribution in [0.15, 0.2) is 4.52 Å². The van der Waals surface area contributed by atoms with Crippen molar-refractivity contribution >= 4 is 5.91 Å². The highest BCUT2D eigenvalue weighted by molar-refractivity contribution is 5.75. The van der Waals surface area contributed by atoms with E-state index in [1.54, 1.807) is 0 Å². The summed E-state index contributed by atoms with van der Waals surface area (Å²) in [4.78, 5) is 16.1. The number of nitrogens with one attached hydrogen (secondary N) is 1. The quantitative estimate of drug-likeness (QED) is 0.806. The van der Waals surface area contributed by atoms with E-state index in [0.717, 1.165) is 31.5 Å². The predicted octanol–water partition coefficient (Wildman–Crippen LogP) is 2.18. The van der Waals surface area contributed by atoms with E-state index in [9.17, 15) is 9.90 Å². The van der Waals surface area contributed by atoms with Crippen molar-refractivity contribution in [1.29, 1.82) is 0 Å². The number of aliphatic hydroxyl groups excluding tert-OH is 1. The molecule has 0 spiro atoms. The lowest BCUT2D eigenvalue weighted by Crippen LogP contribution is -2.32. The van der Waals surface area contributed by atoms with Gasteiger partial charge in [-0.15, -0.1) is 0 Å². The first-order chi connectivity index (χ1) is 10.5. The molecule has 1 fully saturated rings. The zero-order valence-corrected chi connectivity index (χ0v) is 13.5. The Bertz CT molecular complexity index is 473. The first-order valence-electron chi connectivity index (χ1n) is 8.32. The van der Waals surface area contributed by atoms with Crippen molar-refractivity contribution in [2.24, 2.45) is 5.92 Å². The molecule has 0 bridgehead atoms. The lowest BCUT2D eigenvalue weighted by molar-refractivity contribution is -0.121. The Morgan fingerprint density at radius 1 is 1.45 bits per heavy atom. The fourth-order valence-corrected chi connectivity index (χ4v) is 2.80. The minimum Gasteiger partial charge on any atom is -0.393 e. The molecule has 2 N–H and O–H groups in total. The van der Waals surface area contributed by atoms with Crippen LogP contribution in [0.4, 0.5) is 0 Å². The van der Waals surface area contributed by atoms with Crippen LogP contribution in [0.5, 0.6) is 0 Å². The molecule has 1 aliphatic rings. The van der Waals surface area contributed by atoms with Crippen molar-refractivity contribution in [3.63, 3.8) is 0 Å². The maximum absolute atomic E-state index is 11.8. The van der Waals surface area contributed by atoms with E-state index in [1.165, 1.54) is 0 Å². The average Bonchev–Trinajstić information content (AvgIpc) is 2.94. The van der Waals surface area contributed by atoms with Gasteiger partial charge in [0, 0.05) is 25.3 Å². The van der Waals surface area contributed by atoms with Gasteiger partial charge in [0.05, 0.1) is 6.10 Å². The number of carbonyl (C=O) groups excluding carboxylic acids is 1. The Hall–Kier alpha value is -1.43. The molecular formula is C16H27N3O3. The summed E-state index contributed by atoms with van der Waals surface area (Å²) in [6.45, 7) is 4.71. The van der Waals surface area contributed by atoms with Gasteiger partial charge < -0.3 is 14.9 Å². The Morgan fingerprint density at radius 2 is 2.27 bits per heavy atom. The van der Waals surface area contributed by atoms with E-state index >= 15 is 0 Å². The summed E-state index contributed by atoms with van der Waals surface area (Å²) in [5, 5.41) is 16.5. The molecule has 0 aromatic carbocycles. The summed E-state index contributed by atoms with van der Waals surface area (Å²) >= 11 is 0. The van der Waals surface area contributed by atoms with Gasteiger partial charge in [0.15, 0.2) is 5.82 Å². The molecule has 1 aromatic rings. The van der Waals surface area contributed by atoms with Crippen molar-refractivity contribution < 1.29 is 14.4 Å². The highest BCUT2D eigenvalue weighted by atomic mass is 16.5. The van der Waals surface area contributed by atoms with E-state index in [2.05, 4.69) is 15.5 Å². The molecule has 6 heteroatoms. The fraction of sp³-hybridized carbons (Fsp3) is 0.812. The number of nitrogens with zero attached hydrogens (tertiary/aromatic N) is 2. The average molecular weight is 309 g/mol. The molecule has 0 radical (unpaired) electrons. The number of rotatable bonds is 7. The molecule has 0 saturated heterocycles. The van der Waals surface area contributed by atoms with Crippen molar-refractivity contribution in [3.8, 4) is 0 Å². The molecule has 1 aromatic heterocycles. The lowest BCUT2D eigenvalue weighted by Gasteiger charge is -2.25. The van der Waals surface area contributed by atoms with Gasteiger partial charge in [-0.25, -0.2) is 0 Å². The Kier molecular flexibility index (Phi) is 6.36. The van der Waals surface area contributed by atoms with Crippen LogP contribution < -0.4 is 5.32 Å². The number of amides is 1. The SMILES string of the molecule is CC(C)c1noc(CCCC(=O)NCC2CCCC(O)C2)n1. The first kappa shape index (κ1) is 16.9. The smallest absolute Gasteiger partial charge is 0.226 e. The summed E-state index contributed by atoms with van der Waals surface area (Å²) in [6.07, 6.45) is 5.47. The Morgan fingerprint density at radius 3 is 2.95 bits per heavy atom. The van der Waals surface area contributed by atoms with Crippen LogP contribution >= 0.6 is 0 Å². The van der Waals surface area contributed by atoms with Crippen molar-refractivity contribution in [3.05, 3.63) is 11.7 Å². The van der Waals surface area contributed by atoms with Crippen LogP contribution in [0.25, 0.3) is 0 Å². The Labute approximate surface area is 131 Å². The molecule has 0 aliphatic heterocycles. The van der Waals surface area contributed by atoms with Gasteiger partial charge in [0.1, 0.15) is 0 Å². The van der Waals surface area contributed by atoms with Crippen LogP contribution in [0.2, 0.25) is 0 Å². The molecule has 6 nitrogen and oxygen atoms in total. The topological polar surface area (TPSA) is 88.2 Å². The third-order valence-corrected chi connectivity index (χ3v) is 4.14. The largest absolute Gasteiger partial charge is 0.393 e. The second-order valence-electron chi connectivity index (χ2n) is 6.55. The van der Waals surface area contributed by atoms with Crippen molar-refractivity contribution in [1.82, 2.24) is 15.5 Å². The molecule has 1 aliphatic carbocycles. The number of aryl methyl sites for hydroxylation is 1. The highest BCUT2D eigenvalue weighted by Crippen LogP contribution is 2.23. The van der Waals surface area contributed by atoms with Crippen molar-refractivity contribution in [2.45, 2.75) is 70.8 Å². The standard InChI is InChI=1S/C16H27N3O3/c1-11(2)16-18-15(22-19-16)8-4-7-14(21)17-10-12-5-3-6-13(20)9-12/h11-13,20H,3-10H2,1-2H3,(H,17,21). The summed E-state index contributed by atoms with van der Waals surface area (Å²) in [6, 6.07) is 0. The molecule has 2 unspecified atom stereocenters. The van der Waals surface area contributed by atoms with Crippen LogP contribution in [-0.4, -0.2) is 33.8 Å². The summed E-state index contributed by atoms with van der Waals surface area (Å²) < 4.78 is 5.15. The lowest BCUT2D eigenvalue weighted by atomic mass is 9.87. The van der Waals surface area contributed by atoms with Gasteiger partial charge in [-0.3, -0.25) is 4.79 Å². The molecule has 1 amide bonds. The van der Waals surface area contributed by atoms with Crippen LogP contribution in [0.1, 0.15) is 70.0 Å². The number of carbonyl (C=O) groups is 1. The molecule has 1 saturated carbocycles. The minimum atomic E-state index is -0.191. The zero-order chi connectivity index (χ0) is 15.9. The third kappa shape index (κ3) is 5.40. The monoisotopic (exact) mass is 309 g/mol. The van der Waals surface area contributed by atoms with E-state index in [-0.39, 0.29) is 17.9 Å². The number of aromatic nitrogens is 2. The second kappa shape index (κ2) is 8.27. The third-order valence-electron chi connectivity index (χ3n) is 4.14. The Balaban J connectivity index is 1.61. The van der Waals surface area contributed by atoms with Gasteiger partial charge in [-0.05, 0) is 31.6 Å². The molecule has 124 valence electrons. The number of aliphatic hydroxyl groups is 1. The zero-order valence-electron chi connectivity index (χ0n) is 13.5. The highest BCUT2D eigenvalue weighted by Gasteiger charge is 2.20. The van der Waals surface area contributed by atoms with Crippen LogP contribution in [0.3, 0.4) is 0 Å². The number of hydrogen-bond donors (Lipinski definition) is 2. The predicted molar refractivity (Wildman–Crippen MR) is 82.3 cm³/mol. The summed E-state index contributed by atoms with van der Waals surface area (Å²) in [5.41, 5.74) is 0. The maximum Gasteiger partial charge on any atom is 0.226 e. The summed E-state index contributed by atoms with van der Waals surface area (Å²) in [5.74, 6) is 2.05. The minimum absolute atomic E-state index is 0.0589. The molecule has 2 rings (SSSR count). The normalized spacial score (nSPS) is 22.0. The van der Waals surface area contributed by atoms with Gasteiger partial charge in [-0.1, -0.05) is 25.4 Å². The van der Waals surface area contributed by atoms with E-state index in [1.807, 2.05) is 13.8 Å². The second-order valence-corrected chi connectivity index (χ2v) is 6.55. The summed E-state index contributed by atoms with van der Waals surface area (Å²) in [7, 11) is 0.